The van der Waals surface area contributed by atoms with Crippen LogP contribution in [0.15, 0.2) is 46.6 Å². The average Bonchev–Trinajstić information content (AvgIpc) is 3.13. The second-order valence-corrected chi connectivity index (χ2v) is 9.96. The third-order valence-electron chi connectivity index (χ3n) is 8.02. The predicted molar refractivity (Wildman–Crippen MR) is 132 cm³/mol. The summed E-state index contributed by atoms with van der Waals surface area (Å²) < 4.78 is 11.2. The number of aliphatic carboxylic acids is 1. The molecule has 2 N–H and O–H groups in total. The lowest BCUT2D eigenvalue weighted by Crippen LogP contribution is -2.40. The first-order valence-corrected chi connectivity index (χ1v) is 12.3. The molecule has 1 fully saturated rings. The van der Waals surface area contributed by atoms with Crippen LogP contribution in [0.3, 0.4) is 0 Å². The van der Waals surface area contributed by atoms with E-state index in [0.29, 0.717) is 11.1 Å². The van der Waals surface area contributed by atoms with Gasteiger partial charge in [-0.05, 0) is 31.8 Å². The highest BCUT2D eigenvalue weighted by molar-refractivity contribution is 6.24. The number of benzene rings is 1. The molecular weight excluding hydrogens is 494 g/mol. The number of fused-ring (bicyclic) bond motifs is 3. The predicted octanol–water partition coefficient (Wildman–Crippen LogP) is 2.31. The number of hydrogen-bond donors (Lipinski definition) is 2. The number of rotatable bonds is 6. The van der Waals surface area contributed by atoms with Gasteiger partial charge >= 0.3 is 5.97 Å². The third-order valence-corrected chi connectivity index (χ3v) is 8.02. The van der Waals surface area contributed by atoms with Crippen molar-refractivity contribution in [1.82, 2.24) is 4.90 Å². The normalized spacial score (nSPS) is 26.4. The van der Waals surface area contributed by atoms with Crippen LogP contribution in [0, 0.1) is 17.8 Å². The molecule has 4 atom stereocenters. The van der Waals surface area contributed by atoms with Gasteiger partial charge in [0.25, 0.3) is 0 Å². The zero-order valence-corrected chi connectivity index (χ0v) is 21.1. The fourth-order valence-electron chi connectivity index (χ4n) is 6.40. The van der Waals surface area contributed by atoms with Crippen LogP contribution >= 0.6 is 0 Å². The standard InChI is InChI=1S/C28H27NO9/c1-12-8-18(31)17-11-16-14(4-5-15-22(16)28(36)29(27(15)35)7-6-21(32)33)23(24(17)26(12)34)25-19(37-2)9-13(30)10-20(25)38-3/h4,8-10,15-16,22-23,30H,5-7,11H2,1-3H3,(H,32,33). The first-order chi connectivity index (χ1) is 18.1. The second kappa shape index (κ2) is 9.27. The first kappa shape index (κ1) is 25.4. The van der Waals surface area contributed by atoms with E-state index in [1.807, 2.05) is 6.08 Å². The number of carboxylic acid groups (broad SMARTS) is 1. The highest BCUT2D eigenvalue weighted by atomic mass is 16.5. The number of ketones is 2. The number of phenols is 1. The lowest BCUT2D eigenvalue weighted by molar-refractivity contribution is -0.142. The van der Waals surface area contributed by atoms with Gasteiger partial charge in [-0.25, -0.2) is 0 Å². The number of allylic oxidation sites excluding steroid dienone is 6. The number of aromatic hydroxyl groups is 1. The van der Waals surface area contributed by atoms with E-state index in [0.717, 1.165) is 4.90 Å². The number of amides is 2. The monoisotopic (exact) mass is 521 g/mol. The summed E-state index contributed by atoms with van der Waals surface area (Å²) in [5.74, 6) is -5.14. The van der Waals surface area contributed by atoms with E-state index in [-0.39, 0.29) is 71.3 Å². The number of carbonyl (C=O) groups excluding carboxylic acids is 4. The minimum atomic E-state index is -1.12. The van der Waals surface area contributed by atoms with Gasteiger partial charge in [-0.3, -0.25) is 28.9 Å². The van der Waals surface area contributed by atoms with E-state index in [9.17, 15) is 29.1 Å². The fourth-order valence-corrected chi connectivity index (χ4v) is 6.40. The Hall–Kier alpha value is -4.21. The Labute approximate surface area is 218 Å². The Balaban J connectivity index is 1.70. The molecule has 2 amide bonds. The van der Waals surface area contributed by atoms with E-state index in [1.165, 1.54) is 32.4 Å². The van der Waals surface area contributed by atoms with Gasteiger partial charge in [-0.15, -0.1) is 0 Å². The third kappa shape index (κ3) is 3.74. The van der Waals surface area contributed by atoms with Crippen LogP contribution in [-0.2, 0) is 24.0 Å². The van der Waals surface area contributed by atoms with Crippen molar-refractivity contribution in [2.24, 2.45) is 17.8 Å². The van der Waals surface area contributed by atoms with Crippen molar-refractivity contribution in [3.05, 3.63) is 52.1 Å². The number of carbonyl (C=O) groups is 5. The Kier molecular flexibility index (Phi) is 6.21. The maximum absolute atomic E-state index is 13.6. The zero-order valence-electron chi connectivity index (χ0n) is 21.1. The number of phenolic OH excluding ortho intramolecular Hbond substituents is 1. The Morgan fingerprint density at radius 1 is 1.05 bits per heavy atom. The van der Waals surface area contributed by atoms with Crippen LogP contribution in [0.2, 0.25) is 0 Å². The van der Waals surface area contributed by atoms with Gasteiger partial charge in [0.15, 0.2) is 11.6 Å². The van der Waals surface area contributed by atoms with Gasteiger partial charge in [-0.2, -0.15) is 0 Å². The molecule has 0 aromatic heterocycles. The van der Waals surface area contributed by atoms with Crippen LogP contribution in [0.1, 0.15) is 37.7 Å². The molecule has 0 spiro atoms. The molecule has 1 aromatic rings. The van der Waals surface area contributed by atoms with Crippen molar-refractivity contribution in [1.29, 1.82) is 0 Å². The Morgan fingerprint density at radius 3 is 2.32 bits per heavy atom. The van der Waals surface area contributed by atoms with Gasteiger partial charge < -0.3 is 19.7 Å². The minimum Gasteiger partial charge on any atom is -0.508 e. The highest BCUT2D eigenvalue weighted by Gasteiger charge is 2.56. The summed E-state index contributed by atoms with van der Waals surface area (Å²) in [5, 5.41) is 19.3. The van der Waals surface area contributed by atoms with Crippen molar-refractivity contribution in [2.45, 2.75) is 32.1 Å². The number of ether oxygens (including phenoxy) is 2. The van der Waals surface area contributed by atoms with Crippen molar-refractivity contribution in [3.8, 4) is 17.2 Å². The molecular formula is C28H27NO9. The summed E-state index contributed by atoms with van der Waals surface area (Å²) in [4.78, 5) is 65.6. The van der Waals surface area contributed by atoms with Crippen molar-refractivity contribution in [2.75, 3.05) is 20.8 Å². The lowest BCUT2D eigenvalue weighted by Gasteiger charge is -2.42. The summed E-state index contributed by atoms with van der Waals surface area (Å²) in [6.07, 6.45) is 3.10. The molecule has 0 radical (unpaired) electrons. The highest BCUT2D eigenvalue weighted by Crippen LogP contribution is 2.57. The van der Waals surface area contributed by atoms with E-state index in [4.69, 9.17) is 14.6 Å². The Morgan fingerprint density at radius 2 is 1.71 bits per heavy atom. The second-order valence-electron chi connectivity index (χ2n) is 9.96. The van der Waals surface area contributed by atoms with E-state index >= 15 is 0 Å². The molecule has 38 heavy (non-hydrogen) atoms. The smallest absolute Gasteiger partial charge is 0.305 e. The number of hydrogen-bond acceptors (Lipinski definition) is 8. The molecule has 1 aromatic carbocycles. The van der Waals surface area contributed by atoms with Gasteiger partial charge in [0.2, 0.25) is 11.8 Å². The molecule has 1 saturated heterocycles. The Bertz CT molecular complexity index is 1370. The summed E-state index contributed by atoms with van der Waals surface area (Å²) in [6, 6.07) is 2.78. The molecule has 10 heteroatoms. The van der Waals surface area contributed by atoms with E-state index < -0.39 is 41.5 Å². The molecule has 1 heterocycles. The van der Waals surface area contributed by atoms with Crippen LogP contribution in [0.5, 0.6) is 17.2 Å². The fraction of sp³-hybridized carbons (Fsp3) is 0.393. The number of likely N-dealkylation sites (tertiary alicyclic amines) is 1. The topological polar surface area (TPSA) is 148 Å². The molecule has 10 nitrogen and oxygen atoms in total. The number of imide groups is 1. The van der Waals surface area contributed by atoms with Crippen molar-refractivity contribution >= 4 is 29.4 Å². The van der Waals surface area contributed by atoms with Gasteiger partial charge in [0.1, 0.15) is 17.2 Å². The van der Waals surface area contributed by atoms with Crippen LogP contribution in [-0.4, -0.2) is 65.2 Å². The van der Waals surface area contributed by atoms with Crippen LogP contribution in [0.25, 0.3) is 0 Å². The lowest BCUT2D eigenvalue weighted by atomic mass is 9.59. The summed E-state index contributed by atoms with van der Waals surface area (Å²) >= 11 is 0. The van der Waals surface area contributed by atoms with Crippen LogP contribution in [0.4, 0.5) is 0 Å². The molecule has 0 bridgehead atoms. The summed E-state index contributed by atoms with van der Waals surface area (Å²) in [5.41, 5.74) is 1.97. The summed E-state index contributed by atoms with van der Waals surface area (Å²) in [7, 11) is 2.83. The molecule has 0 saturated carbocycles. The molecule has 198 valence electrons. The van der Waals surface area contributed by atoms with E-state index in [1.54, 1.807) is 6.92 Å². The number of methoxy groups -OCH3 is 2. The minimum absolute atomic E-state index is 0.0989. The van der Waals surface area contributed by atoms with Crippen molar-refractivity contribution < 1.29 is 43.7 Å². The SMILES string of the molecule is COc1cc(O)cc(OC)c1C1C2=CCC3C(=O)N(CCC(=O)O)C(=O)C3C2CC2=C1C(=O)C(C)=CC2=O. The molecule has 5 rings (SSSR count). The maximum Gasteiger partial charge on any atom is 0.305 e. The van der Waals surface area contributed by atoms with Crippen molar-refractivity contribution in [3.63, 3.8) is 0 Å². The number of carboxylic acids is 1. The molecule has 4 aliphatic rings. The van der Waals surface area contributed by atoms with E-state index in [2.05, 4.69) is 0 Å². The number of Topliss-reactive ketones (excluding diaryl/α,β-unsaturated/α-hetero) is 1. The average molecular weight is 522 g/mol. The molecule has 4 unspecified atom stereocenters. The maximum atomic E-state index is 13.6. The molecule has 1 aliphatic heterocycles. The largest absolute Gasteiger partial charge is 0.508 e. The van der Waals surface area contributed by atoms with Gasteiger partial charge in [0, 0.05) is 46.9 Å². The van der Waals surface area contributed by atoms with Crippen LogP contribution < -0.4 is 9.47 Å². The summed E-state index contributed by atoms with van der Waals surface area (Å²) in [6.45, 7) is 1.35. The van der Waals surface area contributed by atoms with Gasteiger partial charge in [0.05, 0.1) is 32.5 Å². The quantitative estimate of drug-likeness (QED) is 0.327. The first-order valence-electron chi connectivity index (χ1n) is 12.3. The molecule has 3 aliphatic carbocycles. The number of nitrogens with zero attached hydrogens (tertiary/aromatic N) is 1. The van der Waals surface area contributed by atoms with Gasteiger partial charge in [-0.1, -0.05) is 11.6 Å². The zero-order chi connectivity index (χ0) is 27.5.